The molecule has 10 heteroatoms. The fraction of sp³-hybridized carbons (Fsp3) is 0.533. The van der Waals surface area contributed by atoms with Crippen molar-refractivity contribution in [3.63, 3.8) is 0 Å². The fourth-order valence-corrected chi connectivity index (χ4v) is 5.87. The van der Waals surface area contributed by atoms with Crippen LogP contribution in [0.1, 0.15) is 68.9 Å². The molecule has 3 aliphatic rings. The number of nitrogens with zero attached hydrogens (tertiary/aromatic N) is 3. The number of carbonyl (C=O) groups excluding carboxylic acids is 2. The summed E-state index contributed by atoms with van der Waals surface area (Å²) in [6.45, 7) is 7.59. The molecule has 1 aliphatic carbocycles. The van der Waals surface area contributed by atoms with Crippen LogP contribution in [0.5, 0.6) is 0 Å². The van der Waals surface area contributed by atoms with E-state index in [1.165, 1.54) is 19.2 Å². The highest BCUT2D eigenvalue weighted by Crippen LogP contribution is 2.40. The van der Waals surface area contributed by atoms with E-state index in [0.29, 0.717) is 42.4 Å². The molecule has 0 spiro atoms. The van der Waals surface area contributed by atoms with Crippen LogP contribution in [0.4, 0.5) is 26.4 Å². The summed E-state index contributed by atoms with van der Waals surface area (Å²) in [4.78, 5) is 34.3. The molecule has 1 aromatic heterocycles. The third-order valence-electron chi connectivity index (χ3n) is 8.09. The molecule has 2 unspecified atom stereocenters. The molecule has 2 aliphatic heterocycles. The maximum atomic E-state index is 13.6. The van der Waals surface area contributed by atoms with E-state index in [-0.39, 0.29) is 35.5 Å². The first-order valence-corrected chi connectivity index (χ1v) is 14.0. The number of ether oxygens (including phenoxy) is 2. The molecule has 9 nitrogen and oxygen atoms in total. The molecule has 2 aromatic rings. The average molecular weight is 552 g/mol. The van der Waals surface area contributed by atoms with Crippen LogP contribution >= 0.6 is 0 Å². The number of amides is 1. The molecular weight excluding hydrogens is 513 g/mol. The van der Waals surface area contributed by atoms with Crippen molar-refractivity contribution in [3.05, 3.63) is 47.4 Å². The minimum absolute atomic E-state index is 0.0827. The van der Waals surface area contributed by atoms with E-state index >= 15 is 0 Å². The first-order chi connectivity index (χ1) is 19.0. The molecule has 2 N–H and O–H groups in total. The van der Waals surface area contributed by atoms with Crippen LogP contribution in [0, 0.1) is 23.1 Å². The highest BCUT2D eigenvalue weighted by Gasteiger charge is 2.43. The van der Waals surface area contributed by atoms with Crippen molar-refractivity contribution < 1.29 is 23.5 Å². The summed E-state index contributed by atoms with van der Waals surface area (Å²) in [5.41, 5.74) is 2.08. The lowest BCUT2D eigenvalue weighted by Gasteiger charge is -2.40. The molecule has 0 bridgehead atoms. The summed E-state index contributed by atoms with van der Waals surface area (Å²) in [5, 5.41) is 12.4. The van der Waals surface area contributed by atoms with Crippen molar-refractivity contribution in [1.29, 1.82) is 5.41 Å². The van der Waals surface area contributed by atoms with Gasteiger partial charge in [0, 0.05) is 43.0 Å². The van der Waals surface area contributed by atoms with E-state index in [4.69, 9.17) is 9.47 Å². The quantitative estimate of drug-likeness (QED) is 0.347. The molecule has 2 saturated heterocycles. The number of hydrogen-bond acceptors (Lipinski definition) is 8. The van der Waals surface area contributed by atoms with Gasteiger partial charge < -0.3 is 30.0 Å². The highest BCUT2D eigenvalue weighted by molar-refractivity contribution is 6.10. The Balaban J connectivity index is 1.49. The number of likely N-dealkylation sites (tertiary alicyclic amines) is 1. The number of rotatable bonds is 6. The zero-order chi connectivity index (χ0) is 28.6. The fourth-order valence-electron chi connectivity index (χ4n) is 5.87. The van der Waals surface area contributed by atoms with Gasteiger partial charge in [0.05, 0.1) is 18.4 Å². The summed E-state index contributed by atoms with van der Waals surface area (Å²) in [6, 6.07) is 7.73. The van der Waals surface area contributed by atoms with Crippen LogP contribution in [-0.4, -0.2) is 66.0 Å². The van der Waals surface area contributed by atoms with Crippen LogP contribution in [0.25, 0.3) is 0 Å². The normalized spacial score (nSPS) is 20.9. The molecule has 2 atom stereocenters. The van der Waals surface area contributed by atoms with Crippen LogP contribution in [0.3, 0.4) is 0 Å². The smallest absolute Gasteiger partial charge is 0.410 e. The molecule has 1 aromatic carbocycles. The highest BCUT2D eigenvalue weighted by atomic mass is 19.1. The Bertz CT molecular complexity index is 1290. The standard InChI is InChI=1S/C30H38FN5O4/c1-30(2,3)40-29(38)36-15-12-19-17-35(14-13-23(19)36)24-16-22(28(37)39-4)34-27(25(24)26(32)18-6-5-7-18)33-21-10-8-20(31)9-11-21/h8-11,16,18-19,23,32H,5-7,12-15,17H2,1-4H3,(H,33,34). The number of methoxy groups -OCH3 is 1. The first-order valence-electron chi connectivity index (χ1n) is 14.0. The zero-order valence-electron chi connectivity index (χ0n) is 23.6. The van der Waals surface area contributed by atoms with Gasteiger partial charge in [-0.25, -0.2) is 19.0 Å². The van der Waals surface area contributed by atoms with Crippen molar-refractivity contribution in [3.8, 4) is 0 Å². The van der Waals surface area contributed by atoms with Gasteiger partial charge in [0.25, 0.3) is 0 Å². The maximum Gasteiger partial charge on any atom is 0.410 e. The molecule has 3 fully saturated rings. The monoisotopic (exact) mass is 551 g/mol. The van der Waals surface area contributed by atoms with E-state index < -0.39 is 11.6 Å². The number of aromatic nitrogens is 1. The number of pyridine rings is 1. The minimum Gasteiger partial charge on any atom is -0.464 e. The van der Waals surface area contributed by atoms with Gasteiger partial charge in [-0.2, -0.15) is 0 Å². The zero-order valence-corrected chi connectivity index (χ0v) is 23.6. The summed E-state index contributed by atoms with van der Waals surface area (Å²) in [6.07, 6.45) is 4.27. The molecule has 1 amide bonds. The summed E-state index contributed by atoms with van der Waals surface area (Å²) in [7, 11) is 1.32. The lowest BCUT2D eigenvalue weighted by molar-refractivity contribution is 0.0194. The van der Waals surface area contributed by atoms with E-state index in [1.54, 1.807) is 18.2 Å². The largest absolute Gasteiger partial charge is 0.464 e. The van der Waals surface area contributed by atoms with Crippen molar-refractivity contribution in [2.24, 2.45) is 11.8 Å². The van der Waals surface area contributed by atoms with E-state index in [2.05, 4.69) is 15.2 Å². The predicted molar refractivity (Wildman–Crippen MR) is 151 cm³/mol. The Kier molecular flexibility index (Phi) is 7.70. The number of nitrogens with one attached hydrogen (secondary N) is 2. The molecule has 1 saturated carbocycles. The second kappa shape index (κ2) is 11.1. The second-order valence-corrected chi connectivity index (χ2v) is 11.9. The van der Waals surface area contributed by atoms with Gasteiger partial charge in [-0.1, -0.05) is 6.42 Å². The molecule has 3 heterocycles. The van der Waals surface area contributed by atoms with Gasteiger partial charge >= 0.3 is 12.1 Å². The number of esters is 1. The number of hydrogen-bond donors (Lipinski definition) is 2. The average Bonchev–Trinajstić information content (AvgIpc) is 3.30. The molecular formula is C30H38FN5O4. The number of piperidine rings is 1. The summed E-state index contributed by atoms with van der Waals surface area (Å²) >= 11 is 0. The van der Waals surface area contributed by atoms with Gasteiger partial charge in [0.1, 0.15) is 17.2 Å². The number of carbonyl (C=O) groups is 2. The van der Waals surface area contributed by atoms with Crippen LogP contribution < -0.4 is 10.2 Å². The van der Waals surface area contributed by atoms with E-state index in [9.17, 15) is 19.4 Å². The lowest BCUT2D eigenvalue weighted by atomic mass is 9.78. The van der Waals surface area contributed by atoms with E-state index in [0.717, 1.165) is 37.8 Å². The van der Waals surface area contributed by atoms with Crippen molar-refractivity contribution in [2.45, 2.75) is 64.5 Å². The Morgan fingerprint density at radius 3 is 2.45 bits per heavy atom. The molecule has 40 heavy (non-hydrogen) atoms. The summed E-state index contributed by atoms with van der Waals surface area (Å²) < 4.78 is 24.3. The Hall–Kier alpha value is -3.69. The van der Waals surface area contributed by atoms with Gasteiger partial charge in [-0.05, 0) is 82.7 Å². The Labute approximate surface area is 234 Å². The lowest BCUT2D eigenvalue weighted by Crippen LogP contribution is -2.49. The Morgan fingerprint density at radius 1 is 1.10 bits per heavy atom. The van der Waals surface area contributed by atoms with E-state index in [1.807, 2.05) is 25.7 Å². The third kappa shape index (κ3) is 5.76. The molecule has 5 rings (SSSR count). The molecule has 0 radical (unpaired) electrons. The van der Waals surface area contributed by atoms with Crippen LogP contribution in [-0.2, 0) is 9.47 Å². The number of anilines is 3. The summed E-state index contributed by atoms with van der Waals surface area (Å²) in [5.74, 6) is -0.202. The van der Waals surface area contributed by atoms with Crippen LogP contribution in [0.2, 0.25) is 0 Å². The topological polar surface area (TPSA) is 108 Å². The van der Waals surface area contributed by atoms with Crippen molar-refractivity contribution in [1.82, 2.24) is 9.88 Å². The first kappa shape index (κ1) is 27.9. The second-order valence-electron chi connectivity index (χ2n) is 11.9. The van der Waals surface area contributed by atoms with Crippen molar-refractivity contribution in [2.75, 3.05) is 37.0 Å². The predicted octanol–water partition coefficient (Wildman–Crippen LogP) is 5.75. The molecule has 214 valence electrons. The van der Waals surface area contributed by atoms with Gasteiger partial charge in [-0.3, -0.25) is 0 Å². The van der Waals surface area contributed by atoms with Crippen LogP contribution in [0.15, 0.2) is 30.3 Å². The van der Waals surface area contributed by atoms with Crippen molar-refractivity contribution >= 4 is 35.0 Å². The van der Waals surface area contributed by atoms with Gasteiger partial charge in [0.15, 0.2) is 5.69 Å². The number of benzene rings is 1. The SMILES string of the molecule is COC(=O)c1cc(N2CCC3C(CCN3C(=O)OC(C)(C)C)C2)c(C(=N)C2CCC2)c(Nc2ccc(F)cc2)n1. The third-order valence-corrected chi connectivity index (χ3v) is 8.09. The minimum atomic E-state index is -0.572. The number of halogens is 1. The maximum absolute atomic E-state index is 13.6. The van der Waals surface area contributed by atoms with Gasteiger partial charge in [-0.15, -0.1) is 0 Å². The number of fused-ring (bicyclic) bond motifs is 1. The Morgan fingerprint density at radius 2 is 1.82 bits per heavy atom. The van der Waals surface area contributed by atoms with Gasteiger partial charge in [0.2, 0.25) is 0 Å².